The first-order valence-corrected chi connectivity index (χ1v) is 10.1. The minimum absolute atomic E-state index is 0.251. The fraction of sp³-hybridized carbons (Fsp3) is 0.217. The molecule has 3 N–H and O–H groups in total. The van der Waals surface area contributed by atoms with Gasteiger partial charge >= 0.3 is 5.97 Å². The molecule has 0 aliphatic carbocycles. The number of nitrogen functional groups attached to an aromatic ring is 1. The van der Waals surface area contributed by atoms with Crippen LogP contribution in [-0.2, 0) is 9.53 Å². The molecule has 1 aromatic heterocycles. The van der Waals surface area contributed by atoms with Crippen molar-refractivity contribution < 1.29 is 23.8 Å². The molecule has 10 heteroatoms. The Labute approximate surface area is 191 Å². The number of amides is 1. The number of methoxy groups -OCH3 is 1. The number of rotatable bonds is 9. The average Bonchev–Trinajstić information content (AvgIpc) is 3.13. The molecule has 1 heterocycles. The molecule has 172 valence electrons. The Balaban J connectivity index is 1.69. The van der Waals surface area contributed by atoms with Crippen LogP contribution in [0.2, 0.25) is 0 Å². The van der Waals surface area contributed by atoms with E-state index in [1.807, 2.05) is 13.8 Å². The molecule has 0 saturated heterocycles. The summed E-state index contributed by atoms with van der Waals surface area (Å²) < 4.78 is 17.5. The molecule has 0 unspecified atom stereocenters. The Hall–Kier alpha value is -4.34. The van der Waals surface area contributed by atoms with Gasteiger partial charge in [-0.15, -0.1) is 0 Å². The number of nitrogens with one attached hydrogen (secondary N) is 1. The molecule has 0 spiro atoms. The molecule has 10 nitrogen and oxygen atoms in total. The highest BCUT2D eigenvalue weighted by atomic mass is 16.5. The van der Waals surface area contributed by atoms with E-state index in [9.17, 15) is 9.59 Å². The number of anilines is 2. The summed E-state index contributed by atoms with van der Waals surface area (Å²) in [6.45, 7) is 3.79. The molecule has 0 fully saturated rings. The van der Waals surface area contributed by atoms with Crippen LogP contribution in [0, 0.1) is 6.92 Å². The molecule has 3 rings (SSSR count). The van der Waals surface area contributed by atoms with Gasteiger partial charge in [-0.05, 0) is 49.7 Å². The molecule has 2 aromatic carbocycles. The predicted molar refractivity (Wildman–Crippen MR) is 124 cm³/mol. The molecule has 0 aliphatic heterocycles. The van der Waals surface area contributed by atoms with Crippen molar-refractivity contribution in [2.75, 3.05) is 31.4 Å². The lowest BCUT2D eigenvalue weighted by Crippen LogP contribution is -2.22. The number of hydrogen-bond donors (Lipinski definition) is 2. The van der Waals surface area contributed by atoms with E-state index in [4.69, 9.17) is 19.9 Å². The van der Waals surface area contributed by atoms with Crippen molar-refractivity contribution in [1.82, 2.24) is 9.66 Å². The number of ether oxygens (including phenoxy) is 3. The average molecular weight is 451 g/mol. The van der Waals surface area contributed by atoms with Gasteiger partial charge in [0.25, 0.3) is 5.91 Å². The molecule has 33 heavy (non-hydrogen) atoms. The van der Waals surface area contributed by atoms with Crippen LogP contribution < -0.4 is 20.5 Å². The first kappa shape index (κ1) is 23.3. The van der Waals surface area contributed by atoms with E-state index in [2.05, 4.69) is 15.4 Å². The maximum absolute atomic E-state index is 12.4. The minimum atomic E-state index is -0.546. The maximum Gasteiger partial charge on any atom is 0.339 e. The van der Waals surface area contributed by atoms with Gasteiger partial charge < -0.3 is 25.3 Å². The molecule has 0 bridgehead atoms. The number of carbonyl (C=O) groups is 2. The van der Waals surface area contributed by atoms with E-state index in [1.54, 1.807) is 54.9 Å². The third-order valence-electron chi connectivity index (χ3n) is 4.40. The van der Waals surface area contributed by atoms with E-state index in [0.29, 0.717) is 23.8 Å². The van der Waals surface area contributed by atoms with Crippen LogP contribution in [0.3, 0.4) is 0 Å². The molecular weight excluding hydrogens is 426 g/mol. The van der Waals surface area contributed by atoms with Crippen molar-refractivity contribution in [2.24, 2.45) is 5.10 Å². The smallest absolute Gasteiger partial charge is 0.339 e. The second kappa shape index (κ2) is 10.8. The van der Waals surface area contributed by atoms with Gasteiger partial charge in [0.2, 0.25) is 5.95 Å². The number of aryl methyl sites for hydroxylation is 1. The van der Waals surface area contributed by atoms with E-state index in [-0.39, 0.29) is 18.1 Å². The SMILES string of the molecule is CCOc1cc(C=Nn2cc(C)nc2N)ccc1OCC(=O)Nc1ccccc1C(=O)OC. The Bertz CT molecular complexity index is 1170. The summed E-state index contributed by atoms with van der Waals surface area (Å²) in [5, 5.41) is 6.94. The third-order valence-corrected chi connectivity index (χ3v) is 4.40. The summed E-state index contributed by atoms with van der Waals surface area (Å²) in [6.07, 6.45) is 3.32. The van der Waals surface area contributed by atoms with Gasteiger partial charge in [-0.1, -0.05) is 12.1 Å². The van der Waals surface area contributed by atoms with E-state index >= 15 is 0 Å². The third kappa shape index (κ3) is 6.10. The zero-order valence-corrected chi connectivity index (χ0v) is 18.6. The maximum atomic E-state index is 12.4. The highest BCUT2D eigenvalue weighted by molar-refractivity contribution is 6.01. The number of carbonyl (C=O) groups excluding carboxylic acids is 2. The fourth-order valence-corrected chi connectivity index (χ4v) is 2.93. The zero-order valence-electron chi connectivity index (χ0n) is 18.6. The van der Waals surface area contributed by atoms with Gasteiger partial charge in [0.05, 0.1) is 43.1 Å². The monoisotopic (exact) mass is 451 g/mol. The number of nitrogens with two attached hydrogens (primary N) is 1. The van der Waals surface area contributed by atoms with E-state index in [0.717, 1.165) is 11.3 Å². The second-order valence-corrected chi connectivity index (χ2v) is 6.84. The first-order valence-electron chi connectivity index (χ1n) is 10.1. The first-order chi connectivity index (χ1) is 15.9. The van der Waals surface area contributed by atoms with Crippen LogP contribution in [0.25, 0.3) is 0 Å². The standard InChI is InChI=1S/C23H25N5O5/c1-4-32-20-11-16(12-25-28-13-15(2)26-23(28)24)9-10-19(20)33-14-21(29)27-18-8-6-5-7-17(18)22(30)31-3/h5-13H,4,14H2,1-3H3,(H2,24,26)(H,27,29). The van der Waals surface area contributed by atoms with Crippen LogP contribution in [-0.4, -0.2) is 48.1 Å². The summed E-state index contributed by atoms with van der Waals surface area (Å²) in [7, 11) is 1.28. The highest BCUT2D eigenvalue weighted by Gasteiger charge is 2.14. The van der Waals surface area contributed by atoms with Gasteiger partial charge in [-0.25, -0.2) is 14.5 Å². The summed E-state index contributed by atoms with van der Waals surface area (Å²) >= 11 is 0. The lowest BCUT2D eigenvalue weighted by Gasteiger charge is -2.13. The number of benzene rings is 2. The van der Waals surface area contributed by atoms with Crippen molar-refractivity contribution in [1.29, 1.82) is 0 Å². The molecular formula is C23H25N5O5. The van der Waals surface area contributed by atoms with Gasteiger partial charge in [0, 0.05) is 0 Å². The lowest BCUT2D eigenvalue weighted by atomic mass is 10.2. The second-order valence-electron chi connectivity index (χ2n) is 6.84. The summed E-state index contributed by atoms with van der Waals surface area (Å²) in [4.78, 5) is 28.4. The number of nitrogens with zero attached hydrogens (tertiary/aromatic N) is 3. The summed E-state index contributed by atoms with van der Waals surface area (Å²) in [6, 6.07) is 11.8. The van der Waals surface area contributed by atoms with Crippen molar-refractivity contribution in [3.8, 4) is 11.5 Å². The van der Waals surface area contributed by atoms with Crippen molar-refractivity contribution >= 4 is 29.7 Å². The Morgan fingerprint density at radius 3 is 2.67 bits per heavy atom. The number of aromatic nitrogens is 2. The minimum Gasteiger partial charge on any atom is -0.490 e. The van der Waals surface area contributed by atoms with Crippen LogP contribution in [0.4, 0.5) is 11.6 Å². The predicted octanol–water partition coefficient (Wildman–Crippen LogP) is 2.86. The normalized spacial score (nSPS) is 10.8. The topological polar surface area (TPSA) is 130 Å². The van der Waals surface area contributed by atoms with E-state index < -0.39 is 11.9 Å². The Morgan fingerprint density at radius 1 is 1.18 bits per heavy atom. The zero-order chi connectivity index (χ0) is 23.8. The number of imidazole rings is 1. The van der Waals surface area contributed by atoms with Gasteiger partial charge in [0.1, 0.15) is 0 Å². The molecule has 1 amide bonds. The van der Waals surface area contributed by atoms with Gasteiger partial charge in [0.15, 0.2) is 18.1 Å². The van der Waals surface area contributed by atoms with Crippen molar-refractivity contribution in [3.05, 3.63) is 65.5 Å². The molecule has 0 aliphatic rings. The quantitative estimate of drug-likeness (QED) is 0.378. The molecule has 0 saturated carbocycles. The van der Waals surface area contributed by atoms with Crippen LogP contribution >= 0.6 is 0 Å². The number of hydrogen-bond acceptors (Lipinski definition) is 8. The lowest BCUT2D eigenvalue weighted by molar-refractivity contribution is -0.118. The number of para-hydroxylation sites is 1. The van der Waals surface area contributed by atoms with Gasteiger partial charge in [-0.2, -0.15) is 5.10 Å². The number of esters is 1. The molecule has 0 radical (unpaired) electrons. The fourth-order valence-electron chi connectivity index (χ4n) is 2.93. The summed E-state index contributed by atoms with van der Waals surface area (Å²) in [5.74, 6) is 0.150. The largest absolute Gasteiger partial charge is 0.490 e. The van der Waals surface area contributed by atoms with Crippen LogP contribution in [0.5, 0.6) is 11.5 Å². The van der Waals surface area contributed by atoms with E-state index in [1.165, 1.54) is 11.8 Å². The molecule has 3 aromatic rings. The van der Waals surface area contributed by atoms with Crippen molar-refractivity contribution in [3.63, 3.8) is 0 Å². The van der Waals surface area contributed by atoms with Crippen LogP contribution in [0.15, 0.2) is 53.8 Å². The Morgan fingerprint density at radius 2 is 1.97 bits per heavy atom. The highest BCUT2D eigenvalue weighted by Crippen LogP contribution is 2.28. The van der Waals surface area contributed by atoms with Gasteiger partial charge in [-0.3, -0.25) is 4.79 Å². The Kier molecular flexibility index (Phi) is 7.64. The van der Waals surface area contributed by atoms with Crippen molar-refractivity contribution in [2.45, 2.75) is 13.8 Å². The summed E-state index contributed by atoms with van der Waals surface area (Å²) in [5.41, 5.74) is 7.88. The molecule has 0 atom stereocenters. The van der Waals surface area contributed by atoms with Crippen LogP contribution in [0.1, 0.15) is 28.5 Å².